The molecule has 7 heteroatoms. The summed E-state index contributed by atoms with van der Waals surface area (Å²) in [6, 6.07) is 10.0. The van der Waals surface area contributed by atoms with Gasteiger partial charge in [-0.3, -0.25) is 9.48 Å². The SMILES string of the molecule is CCn1nc(C)c(Cl)c1/C(OCOC(=O)C1CC1)=C(\C#N)c1ccc(C(C)(C)C)cc1. The zero-order valence-corrected chi connectivity index (χ0v) is 19.4. The fourth-order valence-electron chi connectivity index (χ4n) is 3.23. The quantitative estimate of drug-likeness (QED) is 0.246. The van der Waals surface area contributed by atoms with Crippen molar-refractivity contribution in [3.8, 4) is 6.07 Å². The van der Waals surface area contributed by atoms with Gasteiger partial charge in [0.25, 0.3) is 0 Å². The summed E-state index contributed by atoms with van der Waals surface area (Å²) in [5, 5.41) is 14.9. The summed E-state index contributed by atoms with van der Waals surface area (Å²) < 4.78 is 12.8. The second-order valence-electron chi connectivity index (χ2n) is 8.71. The summed E-state index contributed by atoms with van der Waals surface area (Å²) in [6.07, 6.45) is 1.69. The van der Waals surface area contributed by atoms with E-state index in [0.717, 1.165) is 18.4 Å². The lowest BCUT2D eigenvalue weighted by atomic mass is 9.86. The van der Waals surface area contributed by atoms with Gasteiger partial charge in [-0.15, -0.1) is 0 Å². The van der Waals surface area contributed by atoms with Crippen LogP contribution in [-0.2, 0) is 26.2 Å². The zero-order chi connectivity index (χ0) is 22.8. The van der Waals surface area contributed by atoms with E-state index in [1.165, 1.54) is 0 Å². The van der Waals surface area contributed by atoms with Crippen LogP contribution >= 0.6 is 11.6 Å². The third-order valence-electron chi connectivity index (χ3n) is 5.26. The molecule has 1 aromatic heterocycles. The number of carbonyl (C=O) groups is 1. The molecule has 0 aliphatic heterocycles. The van der Waals surface area contributed by atoms with Crippen LogP contribution in [0, 0.1) is 24.2 Å². The minimum absolute atomic E-state index is 0.00730. The molecule has 164 valence electrons. The molecule has 2 aromatic rings. The Kier molecular flexibility index (Phi) is 6.76. The van der Waals surface area contributed by atoms with Crippen LogP contribution in [0.4, 0.5) is 0 Å². The number of allylic oxidation sites excluding steroid dienone is 1. The molecular formula is C24H28ClN3O3. The maximum absolute atomic E-state index is 11.9. The molecule has 0 atom stereocenters. The summed E-state index contributed by atoms with van der Waals surface area (Å²) in [6.45, 7) is 10.4. The van der Waals surface area contributed by atoms with Gasteiger partial charge >= 0.3 is 5.97 Å². The molecule has 0 spiro atoms. The Morgan fingerprint density at radius 3 is 2.42 bits per heavy atom. The Hall–Kier alpha value is -2.78. The molecule has 0 unspecified atom stereocenters. The number of hydrogen-bond donors (Lipinski definition) is 0. The lowest BCUT2D eigenvalue weighted by molar-refractivity contribution is -0.153. The molecule has 1 aromatic carbocycles. The highest BCUT2D eigenvalue weighted by atomic mass is 35.5. The first-order valence-corrected chi connectivity index (χ1v) is 10.8. The number of ether oxygens (including phenoxy) is 2. The van der Waals surface area contributed by atoms with E-state index in [1.54, 1.807) is 11.6 Å². The number of halogens is 1. The van der Waals surface area contributed by atoms with Gasteiger partial charge in [0.1, 0.15) is 17.3 Å². The van der Waals surface area contributed by atoms with Crippen LogP contribution < -0.4 is 0 Å². The number of nitriles is 1. The van der Waals surface area contributed by atoms with E-state index in [-0.39, 0.29) is 29.9 Å². The maximum Gasteiger partial charge on any atom is 0.311 e. The number of nitrogens with zero attached hydrogens (tertiary/aromatic N) is 3. The molecule has 1 aliphatic rings. The number of aryl methyl sites for hydroxylation is 2. The maximum atomic E-state index is 11.9. The number of esters is 1. The summed E-state index contributed by atoms with van der Waals surface area (Å²) in [7, 11) is 0. The molecular weight excluding hydrogens is 414 g/mol. The first kappa shape index (κ1) is 22.9. The molecule has 1 heterocycles. The number of hydrogen-bond acceptors (Lipinski definition) is 5. The Balaban J connectivity index is 2.04. The second kappa shape index (κ2) is 9.15. The van der Waals surface area contributed by atoms with Gasteiger partial charge in [-0.05, 0) is 43.2 Å². The lowest BCUT2D eigenvalue weighted by Crippen LogP contribution is -2.13. The van der Waals surface area contributed by atoms with Gasteiger partial charge in [0.15, 0.2) is 5.76 Å². The van der Waals surface area contributed by atoms with Crippen molar-refractivity contribution >= 4 is 28.9 Å². The largest absolute Gasteiger partial charge is 0.454 e. The van der Waals surface area contributed by atoms with Crippen LogP contribution in [0.5, 0.6) is 0 Å². The van der Waals surface area contributed by atoms with Gasteiger partial charge in [0.2, 0.25) is 6.79 Å². The monoisotopic (exact) mass is 441 g/mol. The second-order valence-corrected chi connectivity index (χ2v) is 9.08. The Morgan fingerprint density at radius 1 is 1.26 bits per heavy atom. The van der Waals surface area contributed by atoms with Gasteiger partial charge in [0.05, 0.1) is 16.6 Å². The fraction of sp³-hybridized carbons (Fsp3) is 0.458. The third-order valence-corrected chi connectivity index (χ3v) is 5.72. The Bertz CT molecular complexity index is 1040. The normalized spacial score (nSPS) is 14.6. The smallest absolute Gasteiger partial charge is 0.311 e. The van der Waals surface area contributed by atoms with Crippen LogP contribution in [-0.4, -0.2) is 22.5 Å². The van der Waals surface area contributed by atoms with Crippen molar-refractivity contribution in [1.29, 1.82) is 5.26 Å². The first-order valence-electron chi connectivity index (χ1n) is 10.4. The average Bonchev–Trinajstić information content (AvgIpc) is 3.54. The zero-order valence-electron chi connectivity index (χ0n) is 18.7. The van der Waals surface area contributed by atoms with Crippen LogP contribution in [0.15, 0.2) is 24.3 Å². The molecule has 6 nitrogen and oxygen atoms in total. The Labute approximate surface area is 188 Å². The minimum atomic E-state index is -0.291. The molecule has 31 heavy (non-hydrogen) atoms. The van der Waals surface area contributed by atoms with E-state index in [1.807, 2.05) is 31.2 Å². The van der Waals surface area contributed by atoms with Crippen molar-refractivity contribution in [2.45, 2.75) is 59.4 Å². The van der Waals surface area contributed by atoms with E-state index in [9.17, 15) is 10.1 Å². The van der Waals surface area contributed by atoms with Crippen molar-refractivity contribution in [3.05, 3.63) is 51.8 Å². The van der Waals surface area contributed by atoms with Crippen LogP contribution in [0.1, 0.15) is 63.1 Å². The first-order chi connectivity index (χ1) is 14.7. The van der Waals surface area contributed by atoms with E-state index >= 15 is 0 Å². The average molecular weight is 442 g/mol. The standard InChI is InChI=1S/C24H28ClN3O3/c1-6-28-21(20(25)15(2)27-28)22(30-14-31-23(29)17-7-8-17)19(13-26)16-9-11-18(12-10-16)24(3,4)5/h9-12,17H,6-8,14H2,1-5H3/b22-19-. The summed E-state index contributed by atoms with van der Waals surface area (Å²) in [4.78, 5) is 11.9. The fourth-order valence-corrected chi connectivity index (χ4v) is 3.45. The highest BCUT2D eigenvalue weighted by Gasteiger charge is 2.31. The predicted molar refractivity (Wildman–Crippen MR) is 120 cm³/mol. The van der Waals surface area contributed by atoms with Gasteiger partial charge in [-0.2, -0.15) is 10.4 Å². The number of rotatable bonds is 7. The molecule has 1 fully saturated rings. The van der Waals surface area contributed by atoms with Crippen molar-refractivity contribution in [2.24, 2.45) is 5.92 Å². The summed E-state index contributed by atoms with van der Waals surface area (Å²) in [5.41, 5.74) is 3.28. The van der Waals surface area contributed by atoms with Crippen molar-refractivity contribution < 1.29 is 14.3 Å². The van der Waals surface area contributed by atoms with E-state index < -0.39 is 0 Å². The van der Waals surface area contributed by atoms with E-state index in [0.29, 0.717) is 34.1 Å². The van der Waals surface area contributed by atoms with Gasteiger partial charge in [0, 0.05) is 6.54 Å². The number of carbonyl (C=O) groups excluding carboxylic acids is 1. The molecule has 0 N–H and O–H groups in total. The summed E-state index contributed by atoms with van der Waals surface area (Å²) >= 11 is 6.55. The molecule has 0 saturated heterocycles. The van der Waals surface area contributed by atoms with E-state index in [2.05, 4.69) is 31.9 Å². The van der Waals surface area contributed by atoms with Crippen molar-refractivity contribution in [2.75, 3.05) is 6.79 Å². The van der Waals surface area contributed by atoms with Gasteiger partial charge in [-0.25, -0.2) is 0 Å². The van der Waals surface area contributed by atoms with Crippen LogP contribution in [0.25, 0.3) is 11.3 Å². The molecule has 0 radical (unpaired) electrons. The predicted octanol–water partition coefficient (Wildman–Crippen LogP) is 5.48. The van der Waals surface area contributed by atoms with Crippen molar-refractivity contribution in [3.63, 3.8) is 0 Å². The van der Waals surface area contributed by atoms with Gasteiger partial charge < -0.3 is 9.47 Å². The highest BCUT2D eigenvalue weighted by Crippen LogP contribution is 2.35. The number of aromatic nitrogens is 2. The Morgan fingerprint density at radius 2 is 1.90 bits per heavy atom. The van der Waals surface area contributed by atoms with Crippen LogP contribution in [0.3, 0.4) is 0 Å². The van der Waals surface area contributed by atoms with Gasteiger partial charge in [-0.1, -0.05) is 56.6 Å². The lowest BCUT2D eigenvalue weighted by Gasteiger charge is -2.19. The van der Waals surface area contributed by atoms with Crippen LogP contribution in [0.2, 0.25) is 5.02 Å². The molecule has 1 saturated carbocycles. The topological polar surface area (TPSA) is 77.1 Å². The molecule has 1 aliphatic carbocycles. The minimum Gasteiger partial charge on any atom is -0.454 e. The third kappa shape index (κ3) is 5.11. The molecule has 0 amide bonds. The molecule has 3 rings (SSSR count). The summed E-state index contributed by atoms with van der Waals surface area (Å²) in [5.74, 6) is -0.0656. The molecule has 0 bridgehead atoms. The van der Waals surface area contributed by atoms with Crippen molar-refractivity contribution in [1.82, 2.24) is 9.78 Å². The van der Waals surface area contributed by atoms with E-state index in [4.69, 9.17) is 21.1 Å². The highest BCUT2D eigenvalue weighted by molar-refractivity contribution is 6.33. The number of benzene rings is 1.